The van der Waals surface area contributed by atoms with Gasteiger partial charge in [0.1, 0.15) is 17.1 Å². The first-order valence-corrected chi connectivity index (χ1v) is 11.9. The summed E-state index contributed by atoms with van der Waals surface area (Å²) in [6.07, 6.45) is 0.310. The Bertz CT molecular complexity index is 1050. The van der Waals surface area contributed by atoms with E-state index in [4.69, 9.17) is 10.8 Å². The number of aryl methyl sites for hydroxylation is 1. The van der Waals surface area contributed by atoms with Gasteiger partial charge in [-0.05, 0) is 28.8 Å². The van der Waals surface area contributed by atoms with Gasteiger partial charge in [0.2, 0.25) is 23.1 Å². The maximum atomic E-state index is 13.1. The molecule has 2 aliphatic heterocycles. The van der Waals surface area contributed by atoms with Crippen molar-refractivity contribution in [2.75, 3.05) is 11.5 Å². The number of carbonyl (C=O) groups is 5. The number of tetrazole rings is 1. The van der Waals surface area contributed by atoms with Crippen molar-refractivity contribution in [3.8, 4) is 0 Å². The van der Waals surface area contributed by atoms with Crippen LogP contribution in [0.15, 0.2) is 16.4 Å². The molecule has 17 heteroatoms. The third-order valence-corrected chi connectivity index (χ3v) is 7.66. The van der Waals surface area contributed by atoms with Crippen molar-refractivity contribution in [2.24, 2.45) is 12.8 Å². The van der Waals surface area contributed by atoms with E-state index in [1.54, 1.807) is 7.05 Å². The second-order valence-electron chi connectivity index (χ2n) is 7.42. The van der Waals surface area contributed by atoms with Crippen LogP contribution in [0.5, 0.6) is 0 Å². The lowest BCUT2D eigenvalue weighted by Crippen LogP contribution is -2.85. The zero-order valence-electron chi connectivity index (χ0n) is 17.8. The van der Waals surface area contributed by atoms with Crippen LogP contribution in [0.2, 0.25) is 0 Å². The molecule has 6 N–H and O–H groups in total. The fourth-order valence-electron chi connectivity index (χ4n) is 3.49. The van der Waals surface area contributed by atoms with Gasteiger partial charge in [0.05, 0.1) is 0 Å². The molecule has 0 bridgehead atoms. The monoisotopic (exact) mass is 514 g/mol. The highest BCUT2D eigenvalue weighted by Crippen LogP contribution is 2.45. The molecule has 15 nitrogen and oxygen atoms in total. The van der Waals surface area contributed by atoms with Gasteiger partial charge in [0.15, 0.2) is 0 Å². The van der Waals surface area contributed by atoms with Gasteiger partial charge in [-0.2, -0.15) is 0 Å². The minimum Gasteiger partial charge on any atom is -0.480 e. The molecule has 0 aromatic carbocycles. The fourth-order valence-corrected chi connectivity index (χ4v) is 5.91. The summed E-state index contributed by atoms with van der Waals surface area (Å²) in [4.78, 5) is 60.7. The number of carbonyl (C=O) groups excluding carboxylic acids is 3. The van der Waals surface area contributed by atoms with Gasteiger partial charge in [0.25, 0.3) is 5.91 Å². The van der Waals surface area contributed by atoms with Crippen LogP contribution in [0.4, 0.5) is 0 Å². The Morgan fingerprint density at radius 1 is 1.41 bits per heavy atom. The predicted octanol–water partition coefficient (Wildman–Crippen LogP) is -2.30. The van der Waals surface area contributed by atoms with Crippen molar-refractivity contribution in [1.29, 1.82) is 0 Å². The number of rotatable bonds is 12. The number of aromatic nitrogens is 4. The fraction of sp³-hybridized carbons (Fsp3) is 0.529. The SMILES string of the molecule is Cn1nnnc1SCC1=C(C(=O)O)N2C(=O)C(NC=O)(NC(=O)CCCC(N)C(=O)O)[C@H]2SC1. The average molecular weight is 515 g/mol. The van der Waals surface area contributed by atoms with Crippen molar-refractivity contribution in [3.63, 3.8) is 0 Å². The van der Waals surface area contributed by atoms with Crippen molar-refractivity contribution in [3.05, 3.63) is 11.3 Å². The summed E-state index contributed by atoms with van der Waals surface area (Å²) >= 11 is 2.39. The minimum atomic E-state index is -1.81. The third kappa shape index (κ3) is 4.85. The van der Waals surface area contributed by atoms with E-state index in [1.165, 1.54) is 28.2 Å². The summed E-state index contributed by atoms with van der Waals surface area (Å²) < 4.78 is 1.43. The molecule has 3 rings (SSSR count). The standard InChI is InChI=1S/C17H22N8O7S2/c1-24-16(21-22-23-24)34-6-8-5-33-15-17(19-7-26,14(32)25(15)11(8)13(30)31)20-10(27)4-2-3-9(18)12(28)29/h7,9,15H,2-6,18H2,1H3,(H,19,26)(H,20,27)(H,28,29)(H,30,31)/t9?,15-,17?/m1/s1. The van der Waals surface area contributed by atoms with Gasteiger partial charge in [-0.25, -0.2) is 9.48 Å². The largest absolute Gasteiger partial charge is 0.480 e. The molecule has 3 atom stereocenters. The molecule has 0 spiro atoms. The van der Waals surface area contributed by atoms with Gasteiger partial charge in [-0.15, -0.1) is 16.9 Å². The van der Waals surface area contributed by atoms with E-state index in [9.17, 15) is 29.1 Å². The van der Waals surface area contributed by atoms with Crippen LogP contribution < -0.4 is 16.4 Å². The Kier molecular flexibility index (Phi) is 7.78. The Balaban J connectivity index is 1.74. The predicted molar refractivity (Wildman–Crippen MR) is 117 cm³/mol. The number of hydrogen-bond donors (Lipinski definition) is 5. The number of fused-ring (bicyclic) bond motifs is 1. The first-order valence-electron chi connectivity index (χ1n) is 9.88. The van der Waals surface area contributed by atoms with Gasteiger partial charge >= 0.3 is 11.9 Å². The summed E-state index contributed by atoms with van der Waals surface area (Å²) in [7, 11) is 1.64. The topological polar surface area (TPSA) is 223 Å². The van der Waals surface area contributed by atoms with Crippen molar-refractivity contribution in [2.45, 2.75) is 41.5 Å². The Morgan fingerprint density at radius 3 is 2.74 bits per heavy atom. The first kappa shape index (κ1) is 25.4. The van der Waals surface area contributed by atoms with E-state index >= 15 is 0 Å². The smallest absolute Gasteiger partial charge is 0.352 e. The quantitative estimate of drug-likeness (QED) is 0.0857. The molecule has 0 aliphatic carbocycles. The molecule has 184 valence electrons. The summed E-state index contributed by atoms with van der Waals surface area (Å²) in [5.74, 6) is -3.49. The molecule has 2 unspecified atom stereocenters. The highest BCUT2D eigenvalue weighted by atomic mass is 32.2. The van der Waals surface area contributed by atoms with Crippen LogP contribution in [-0.2, 0) is 31.0 Å². The number of β-lactam (4-membered cyclic amide) rings is 1. The zero-order valence-corrected chi connectivity index (χ0v) is 19.5. The van der Waals surface area contributed by atoms with E-state index in [0.29, 0.717) is 10.7 Å². The maximum absolute atomic E-state index is 13.1. The van der Waals surface area contributed by atoms with Gasteiger partial charge in [0, 0.05) is 25.0 Å². The normalized spacial score (nSPS) is 22.5. The molecule has 1 aromatic heterocycles. The van der Waals surface area contributed by atoms with Crippen LogP contribution in [0, 0.1) is 0 Å². The molecule has 3 amide bonds. The number of nitrogens with one attached hydrogen (secondary N) is 2. The number of hydrogen-bond acceptors (Lipinski definition) is 11. The second-order valence-corrected chi connectivity index (χ2v) is 9.44. The summed E-state index contributed by atoms with van der Waals surface area (Å²) in [5.41, 5.74) is 3.84. The number of aliphatic carboxylic acids is 2. The lowest BCUT2D eigenvalue weighted by molar-refractivity contribution is -0.162. The minimum absolute atomic E-state index is 0.0447. The van der Waals surface area contributed by atoms with Gasteiger partial charge in [-0.3, -0.25) is 24.1 Å². The van der Waals surface area contributed by atoms with E-state index in [0.717, 1.165) is 4.90 Å². The molecule has 1 saturated heterocycles. The van der Waals surface area contributed by atoms with Gasteiger partial charge < -0.3 is 26.6 Å². The molecule has 1 aromatic rings. The average Bonchev–Trinajstić information content (AvgIpc) is 3.20. The molecule has 3 heterocycles. The number of nitrogens with zero attached hydrogens (tertiary/aromatic N) is 5. The third-order valence-electron chi connectivity index (χ3n) is 5.17. The molecule has 1 fully saturated rings. The number of carboxylic acids is 2. The highest BCUT2D eigenvalue weighted by Gasteiger charge is 2.65. The van der Waals surface area contributed by atoms with Crippen molar-refractivity contribution in [1.82, 2.24) is 35.7 Å². The molecule has 0 radical (unpaired) electrons. The Hall–Kier alpha value is -3.18. The maximum Gasteiger partial charge on any atom is 0.352 e. The summed E-state index contributed by atoms with van der Waals surface area (Å²) in [5, 5.41) is 34.1. The summed E-state index contributed by atoms with van der Waals surface area (Å²) in [6, 6.07) is -1.12. The number of amides is 3. The zero-order chi connectivity index (χ0) is 25.0. The molecule has 34 heavy (non-hydrogen) atoms. The highest BCUT2D eigenvalue weighted by molar-refractivity contribution is 8.01. The lowest BCUT2D eigenvalue weighted by atomic mass is 9.94. The molecule has 2 aliphatic rings. The lowest BCUT2D eigenvalue weighted by Gasteiger charge is -2.56. The Morgan fingerprint density at radius 2 is 2.15 bits per heavy atom. The van der Waals surface area contributed by atoms with Crippen molar-refractivity contribution >= 4 is 53.7 Å². The molecular weight excluding hydrogens is 492 g/mol. The molecule has 0 saturated carbocycles. The van der Waals surface area contributed by atoms with Crippen LogP contribution in [0.3, 0.4) is 0 Å². The number of nitrogens with two attached hydrogens (primary N) is 1. The van der Waals surface area contributed by atoms with E-state index < -0.39 is 40.8 Å². The van der Waals surface area contributed by atoms with Gasteiger partial charge in [-0.1, -0.05) is 11.8 Å². The van der Waals surface area contributed by atoms with E-state index in [1.807, 2.05) is 0 Å². The number of carboxylic acid groups (broad SMARTS) is 2. The first-order chi connectivity index (χ1) is 16.1. The van der Waals surface area contributed by atoms with Crippen molar-refractivity contribution < 1.29 is 34.2 Å². The van der Waals surface area contributed by atoms with Crippen LogP contribution in [-0.4, -0.2) is 94.1 Å². The second kappa shape index (κ2) is 10.4. The van der Waals surface area contributed by atoms with Crippen LogP contribution in [0.1, 0.15) is 19.3 Å². The van der Waals surface area contributed by atoms with Crippen LogP contribution in [0.25, 0.3) is 0 Å². The van der Waals surface area contributed by atoms with Crippen LogP contribution >= 0.6 is 23.5 Å². The molecular formula is C17H22N8O7S2. The van der Waals surface area contributed by atoms with E-state index in [2.05, 4.69) is 26.2 Å². The summed E-state index contributed by atoms with van der Waals surface area (Å²) in [6.45, 7) is 0. The number of thioether (sulfide) groups is 2. The Labute approximate surface area is 200 Å². The van der Waals surface area contributed by atoms with E-state index in [-0.39, 0.29) is 42.9 Å².